The van der Waals surface area contributed by atoms with Gasteiger partial charge in [-0.25, -0.2) is 14.7 Å². The molecule has 1 N–H and O–H groups in total. The van der Waals surface area contributed by atoms with Crippen molar-refractivity contribution in [1.82, 2.24) is 14.3 Å². The molecule has 10 nitrogen and oxygen atoms in total. The fraction of sp³-hybridized carbons (Fsp3) is 0.111. The van der Waals surface area contributed by atoms with Crippen molar-refractivity contribution in [2.45, 2.75) is 13.8 Å². The van der Waals surface area contributed by atoms with Gasteiger partial charge in [0.25, 0.3) is 11.5 Å². The van der Waals surface area contributed by atoms with Gasteiger partial charge >= 0.3 is 0 Å². The normalized spacial score (nSPS) is 14.1. The fourth-order valence-corrected chi connectivity index (χ4v) is 5.76. The first kappa shape index (κ1) is 27.1. The van der Waals surface area contributed by atoms with Gasteiger partial charge in [0.15, 0.2) is 16.0 Å². The minimum Gasteiger partial charge on any atom is -0.297 e. The summed E-state index contributed by atoms with van der Waals surface area (Å²) >= 11 is 8.06. The molecule has 0 spiro atoms. The van der Waals surface area contributed by atoms with Crippen molar-refractivity contribution in [2.24, 2.45) is 12.1 Å². The van der Waals surface area contributed by atoms with Gasteiger partial charge in [0.2, 0.25) is 0 Å². The van der Waals surface area contributed by atoms with Gasteiger partial charge in [-0.15, -0.1) is 11.3 Å². The molecule has 0 radical (unpaired) electrons. The number of para-hydroxylation sites is 1. The maximum Gasteiger partial charge on any atom is 0.281 e. The molecule has 1 aliphatic heterocycles. The third kappa shape index (κ3) is 4.98. The molecule has 2 aromatic heterocycles. The second kappa shape index (κ2) is 11.0. The summed E-state index contributed by atoms with van der Waals surface area (Å²) in [5.74, 6) is -1.03. The van der Waals surface area contributed by atoms with Gasteiger partial charge in [-0.3, -0.25) is 24.4 Å². The molecule has 5 rings (SSSR count). The molecule has 13 heteroatoms. The first-order chi connectivity index (χ1) is 19.2. The third-order valence-corrected chi connectivity index (χ3v) is 8.18. The molecule has 1 amide bonds. The Morgan fingerprint density at radius 2 is 1.77 bits per heavy atom. The van der Waals surface area contributed by atoms with Gasteiger partial charge in [-0.2, -0.15) is 10.4 Å². The van der Waals surface area contributed by atoms with E-state index in [1.54, 1.807) is 46.1 Å². The molecule has 0 bridgehead atoms. The zero-order chi connectivity index (χ0) is 28.6. The topological polar surface area (TPSA) is 125 Å². The minimum absolute atomic E-state index is 0.135. The number of anilines is 2. The van der Waals surface area contributed by atoms with Crippen molar-refractivity contribution in [1.29, 1.82) is 5.26 Å². The molecule has 0 saturated heterocycles. The average Bonchev–Trinajstić information content (AvgIpc) is 3.63. The van der Waals surface area contributed by atoms with E-state index in [2.05, 4.69) is 15.4 Å². The van der Waals surface area contributed by atoms with Crippen molar-refractivity contribution in [2.75, 3.05) is 10.3 Å². The lowest BCUT2D eigenvalue weighted by molar-refractivity contribution is -0.112. The zero-order valence-corrected chi connectivity index (χ0v) is 23.8. The lowest BCUT2D eigenvalue weighted by Gasteiger charge is -2.16. The smallest absolute Gasteiger partial charge is 0.281 e. The van der Waals surface area contributed by atoms with Crippen molar-refractivity contribution < 1.29 is 9.59 Å². The van der Waals surface area contributed by atoms with Crippen molar-refractivity contribution in [3.8, 4) is 23.0 Å². The number of halogens is 1. The molecule has 0 atom stereocenters. The van der Waals surface area contributed by atoms with Gasteiger partial charge in [0.05, 0.1) is 22.6 Å². The van der Waals surface area contributed by atoms with Crippen molar-refractivity contribution >= 4 is 62.3 Å². The molecule has 40 heavy (non-hydrogen) atoms. The number of carbonyl (C=O) groups excluding carboxylic acids is 2. The highest BCUT2D eigenvalue weighted by atomic mass is 35.5. The summed E-state index contributed by atoms with van der Waals surface area (Å²) in [6.07, 6.45) is 0. The van der Waals surface area contributed by atoms with E-state index < -0.39 is 5.91 Å². The number of nitrogens with zero attached hydrogens (tertiary/aromatic N) is 6. The van der Waals surface area contributed by atoms with Gasteiger partial charge in [0.1, 0.15) is 16.7 Å². The second-order valence-corrected chi connectivity index (χ2v) is 10.8. The maximum atomic E-state index is 13.4. The number of hydrogen-bond donors (Lipinski definition) is 1. The van der Waals surface area contributed by atoms with Crippen LogP contribution in [0.3, 0.4) is 0 Å². The van der Waals surface area contributed by atoms with Crippen LogP contribution in [-0.2, 0) is 16.6 Å². The number of thioether (sulfide) groups is 1. The SMILES string of the molecule is CC(=O)C1=NN(c2ccc(Cl)cc2)/C(=C(/C#N)C(=O)Nc2nc(-c3c(C)n(C)n(-c4ccccc4)c3=O)cs2)S1. The summed E-state index contributed by atoms with van der Waals surface area (Å²) in [5, 5.41) is 20.9. The van der Waals surface area contributed by atoms with Crippen LogP contribution in [0.2, 0.25) is 5.02 Å². The Balaban J connectivity index is 1.46. The Labute approximate surface area is 241 Å². The highest BCUT2D eigenvalue weighted by Crippen LogP contribution is 2.38. The van der Waals surface area contributed by atoms with E-state index in [-0.39, 0.29) is 32.1 Å². The molecule has 4 aromatic rings. The summed E-state index contributed by atoms with van der Waals surface area (Å²) < 4.78 is 3.30. The van der Waals surface area contributed by atoms with Gasteiger partial charge in [-0.05, 0) is 55.1 Å². The van der Waals surface area contributed by atoms with E-state index >= 15 is 0 Å². The molecule has 3 heterocycles. The first-order valence-electron chi connectivity index (χ1n) is 11.8. The Kier molecular flexibility index (Phi) is 7.44. The minimum atomic E-state index is -0.726. The van der Waals surface area contributed by atoms with Gasteiger partial charge in [-0.1, -0.05) is 29.8 Å². The van der Waals surface area contributed by atoms with E-state index in [4.69, 9.17) is 11.6 Å². The van der Waals surface area contributed by atoms with Crippen LogP contribution in [0.5, 0.6) is 0 Å². The van der Waals surface area contributed by atoms with E-state index in [0.717, 1.165) is 23.1 Å². The number of thiazole rings is 1. The zero-order valence-electron chi connectivity index (χ0n) is 21.4. The van der Waals surface area contributed by atoms with Crippen LogP contribution in [0.4, 0.5) is 10.8 Å². The predicted octanol–water partition coefficient (Wildman–Crippen LogP) is 5.09. The highest BCUT2D eigenvalue weighted by Gasteiger charge is 2.32. The van der Waals surface area contributed by atoms with Gasteiger partial charge in [0, 0.05) is 30.1 Å². The number of Topliss-reactive ketones (excluding diaryl/α,β-unsaturated/α-hetero) is 1. The molecular weight excluding hydrogens is 570 g/mol. The van der Waals surface area contributed by atoms with Crippen LogP contribution in [0.1, 0.15) is 12.6 Å². The summed E-state index contributed by atoms with van der Waals surface area (Å²) in [4.78, 5) is 43.2. The van der Waals surface area contributed by atoms with E-state index in [0.29, 0.717) is 33.3 Å². The largest absolute Gasteiger partial charge is 0.297 e. The standard InChI is InChI=1S/C27H20ClN7O3S2/c1-15-22(25(38)35(33(15)3)19-7-5-4-6-8-19)21-14-39-27(30-21)31-23(37)20(13-29)26-34(32-24(40-26)16(2)36)18-11-9-17(28)10-12-18/h4-12,14H,1-3H3,(H,30,31,37)/b26-20+. The summed E-state index contributed by atoms with van der Waals surface area (Å²) in [6.45, 7) is 3.18. The fourth-order valence-electron chi connectivity index (χ4n) is 4.01. The lowest BCUT2D eigenvalue weighted by Crippen LogP contribution is -2.20. The van der Waals surface area contributed by atoms with Crippen LogP contribution in [0.25, 0.3) is 16.9 Å². The Hall–Kier alpha value is -4.44. The summed E-state index contributed by atoms with van der Waals surface area (Å²) in [5.41, 5.74) is 2.25. The van der Waals surface area contributed by atoms with Crippen LogP contribution >= 0.6 is 34.7 Å². The maximum absolute atomic E-state index is 13.4. The Morgan fingerprint density at radius 1 is 1.07 bits per heavy atom. The number of nitrogens with one attached hydrogen (secondary N) is 1. The number of carbonyl (C=O) groups is 2. The number of benzene rings is 2. The predicted molar refractivity (Wildman–Crippen MR) is 158 cm³/mol. The summed E-state index contributed by atoms with van der Waals surface area (Å²) in [7, 11) is 1.79. The Morgan fingerprint density at radius 3 is 2.42 bits per heavy atom. The second-order valence-electron chi connectivity index (χ2n) is 8.57. The number of nitriles is 1. The highest BCUT2D eigenvalue weighted by molar-refractivity contribution is 8.19. The number of aromatic nitrogens is 3. The molecule has 0 saturated carbocycles. The third-order valence-electron chi connectivity index (χ3n) is 6.04. The number of rotatable bonds is 6. The molecule has 2 aromatic carbocycles. The summed E-state index contributed by atoms with van der Waals surface area (Å²) in [6, 6.07) is 17.8. The number of ketones is 1. The monoisotopic (exact) mass is 589 g/mol. The van der Waals surface area contributed by atoms with E-state index in [9.17, 15) is 19.6 Å². The number of hydrogen-bond acceptors (Lipinski definition) is 9. The van der Waals surface area contributed by atoms with E-state index in [1.807, 2.05) is 43.3 Å². The molecule has 200 valence electrons. The van der Waals surface area contributed by atoms with Crippen LogP contribution < -0.4 is 15.9 Å². The molecule has 0 unspecified atom stereocenters. The molecule has 0 fully saturated rings. The van der Waals surface area contributed by atoms with Crippen LogP contribution in [-0.4, -0.2) is 31.1 Å². The van der Waals surface area contributed by atoms with Crippen LogP contribution in [0.15, 0.2) is 80.5 Å². The van der Waals surface area contributed by atoms with Crippen molar-refractivity contribution in [3.63, 3.8) is 0 Å². The van der Waals surface area contributed by atoms with Crippen LogP contribution in [0, 0.1) is 18.3 Å². The quantitative estimate of drug-likeness (QED) is 0.245. The first-order valence-corrected chi connectivity index (χ1v) is 13.9. The Bertz CT molecular complexity index is 1810. The van der Waals surface area contributed by atoms with Gasteiger partial charge < -0.3 is 0 Å². The number of hydrazone groups is 1. The average molecular weight is 590 g/mol. The lowest BCUT2D eigenvalue weighted by atomic mass is 10.2. The molecule has 0 aliphatic carbocycles. The molecule has 1 aliphatic rings. The number of amides is 1. The van der Waals surface area contributed by atoms with E-state index in [1.165, 1.54) is 11.9 Å². The van der Waals surface area contributed by atoms with Crippen molar-refractivity contribution in [3.05, 3.63) is 91.6 Å². The molecular formula is C27H20ClN7O3S2.